The third-order valence-electron chi connectivity index (χ3n) is 12.4. The van der Waals surface area contributed by atoms with Crippen molar-refractivity contribution in [2.24, 2.45) is 17.8 Å². The molecule has 2 aliphatic rings. The second-order valence-electron chi connectivity index (χ2n) is 16.2. The Morgan fingerprint density at radius 3 is 1.79 bits per heavy atom. The minimum Gasteiger partial charge on any atom is -0.208 e. The molecule has 1 aromatic heterocycles. The quantitative estimate of drug-likeness (QED) is 0.156. The Kier molecular flexibility index (Phi) is 9.61. The van der Waals surface area contributed by atoms with Gasteiger partial charge in [0, 0.05) is 16.7 Å². The van der Waals surface area contributed by atoms with Crippen molar-refractivity contribution in [1.82, 2.24) is 15.0 Å². The predicted octanol–water partition coefficient (Wildman–Crippen LogP) is 13.2. The molecule has 2 saturated carbocycles. The van der Waals surface area contributed by atoms with Crippen LogP contribution in [0, 0.1) is 29.1 Å². The molecular formula is C52H46N4. The van der Waals surface area contributed by atoms with E-state index in [0.29, 0.717) is 23.0 Å². The normalized spacial score (nSPS) is 20.3. The molecule has 0 spiro atoms. The first-order valence-electron chi connectivity index (χ1n) is 20.2. The number of benzene rings is 6. The molecule has 2 fully saturated rings. The van der Waals surface area contributed by atoms with Crippen LogP contribution in [0.2, 0.25) is 0 Å². The van der Waals surface area contributed by atoms with Gasteiger partial charge in [-0.15, -0.1) is 0 Å². The average molecular weight is 727 g/mol. The lowest BCUT2D eigenvalue weighted by molar-refractivity contribution is 0.0702. The number of nitrogens with zero attached hydrogens (tertiary/aromatic N) is 4. The van der Waals surface area contributed by atoms with Crippen LogP contribution in [0.1, 0.15) is 63.5 Å². The van der Waals surface area contributed by atoms with E-state index in [0.717, 1.165) is 67.8 Å². The first-order valence-corrected chi connectivity index (χ1v) is 20.2. The Balaban J connectivity index is 1.17. The third kappa shape index (κ3) is 6.95. The van der Waals surface area contributed by atoms with Crippen molar-refractivity contribution in [3.8, 4) is 73.6 Å². The van der Waals surface area contributed by atoms with Crippen molar-refractivity contribution >= 4 is 0 Å². The summed E-state index contributed by atoms with van der Waals surface area (Å²) in [6.07, 6.45) is 8.00. The summed E-state index contributed by atoms with van der Waals surface area (Å²) in [6, 6.07) is 55.1. The van der Waals surface area contributed by atoms with Gasteiger partial charge in [0.15, 0.2) is 17.5 Å². The van der Waals surface area contributed by atoms with E-state index in [-0.39, 0.29) is 5.41 Å². The van der Waals surface area contributed by atoms with Crippen molar-refractivity contribution in [3.63, 3.8) is 0 Å². The zero-order valence-electron chi connectivity index (χ0n) is 32.2. The molecule has 1 unspecified atom stereocenters. The van der Waals surface area contributed by atoms with Crippen LogP contribution in [0.5, 0.6) is 0 Å². The first-order chi connectivity index (χ1) is 27.5. The molecule has 4 nitrogen and oxygen atoms in total. The van der Waals surface area contributed by atoms with Gasteiger partial charge >= 0.3 is 0 Å². The highest BCUT2D eigenvalue weighted by molar-refractivity contribution is 5.87. The van der Waals surface area contributed by atoms with Gasteiger partial charge in [-0.25, -0.2) is 15.0 Å². The van der Waals surface area contributed by atoms with E-state index in [1.54, 1.807) is 0 Å². The van der Waals surface area contributed by atoms with E-state index >= 15 is 0 Å². The van der Waals surface area contributed by atoms with Gasteiger partial charge in [-0.2, -0.15) is 5.26 Å². The van der Waals surface area contributed by atoms with E-state index in [4.69, 9.17) is 15.0 Å². The zero-order valence-corrected chi connectivity index (χ0v) is 32.2. The Hall–Kier alpha value is -6.18. The van der Waals surface area contributed by atoms with Gasteiger partial charge in [-0.3, -0.25) is 0 Å². The number of fused-ring (bicyclic) bond motifs is 2. The lowest BCUT2D eigenvalue weighted by atomic mass is 9.54. The average Bonchev–Trinajstić information content (AvgIpc) is 3.26. The van der Waals surface area contributed by atoms with Crippen molar-refractivity contribution in [2.75, 3.05) is 0 Å². The monoisotopic (exact) mass is 726 g/mol. The maximum Gasteiger partial charge on any atom is 0.164 e. The Morgan fingerprint density at radius 2 is 1.11 bits per heavy atom. The molecule has 9 rings (SSSR count). The van der Waals surface area contributed by atoms with Crippen LogP contribution in [0.4, 0.5) is 0 Å². The molecule has 0 aliphatic heterocycles. The fourth-order valence-electron chi connectivity index (χ4n) is 9.94. The molecule has 4 heteroatoms. The second-order valence-corrected chi connectivity index (χ2v) is 16.2. The number of nitriles is 1. The maximum atomic E-state index is 9.57. The van der Waals surface area contributed by atoms with Crippen LogP contribution >= 0.6 is 0 Å². The molecule has 0 N–H and O–H groups in total. The summed E-state index contributed by atoms with van der Waals surface area (Å²) < 4.78 is 0. The molecule has 274 valence electrons. The van der Waals surface area contributed by atoms with Gasteiger partial charge in [0.1, 0.15) is 0 Å². The van der Waals surface area contributed by atoms with Crippen LogP contribution in [0.3, 0.4) is 0 Å². The number of hydrogen-bond acceptors (Lipinski definition) is 4. The molecule has 2 bridgehead atoms. The molecule has 4 atom stereocenters. The number of rotatable bonds is 8. The van der Waals surface area contributed by atoms with Crippen molar-refractivity contribution in [2.45, 2.75) is 57.8 Å². The van der Waals surface area contributed by atoms with Gasteiger partial charge in [-0.1, -0.05) is 148 Å². The fourth-order valence-corrected chi connectivity index (χ4v) is 9.94. The standard InChI is InChI=1S/C52H46N4/c1-3-36-29-38-28-35(2)31-52(32-36,33-38)44-25-22-40(23-26-44)45-16-10-11-17-46(45)50-54-49(42-14-8-5-9-15-42)55-51(56-50)47-27-24-43(39-12-6-4-7-13-39)30-48(47)41-20-18-37(34-53)19-21-41/h4-27,30,35-36,38H,3,28-29,31-33H2,1-2H3/t35-,36+,38-,52?/m1/s1. The van der Waals surface area contributed by atoms with Gasteiger partial charge in [0.05, 0.1) is 11.6 Å². The highest BCUT2D eigenvalue weighted by atomic mass is 15.0. The highest BCUT2D eigenvalue weighted by Crippen LogP contribution is 2.55. The smallest absolute Gasteiger partial charge is 0.164 e. The summed E-state index contributed by atoms with van der Waals surface area (Å²) in [7, 11) is 0. The summed E-state index contributed by atoms with van der Waals surface area (Å²) in [5.74, 6) is 4.30. The lowest BCUT2D eigenvalue weighted by Gasteiger charge is -2.51. The van der Waals surface area contributed by atoms with Crippen LogP contribution in [-0.2, 0) is 5.41 Å². The minimum absolute atomic E-state index is 0.287. The topological polar surface area (TPSA) is 62.5 Å². The molecule has 6 aromatic carbocycles. The second kappa shape index (κ2) is 15.2. The van der Waals surface area contributed by atoms with Gasteiger partial charge in [0.2, 0.25) is 0 Å². The van der Waals surface area contributed by atoms with Crippen LogP contribution in [0.25, 0.3) is 67.5 Å². The van der Waals surface area contributed by atoms with Crippen molar-refractivity contribution < 1.29 is 0 Å². The number of aromatic nitrogens is 3. The zero-order chi connectivity index (χ0) is 38.1. The molecule has 0 amide bonds. The molecular weight excluding hydrogens is 681 g/mol. The lowest BCUT2D eigenvalue weighted by Crippen LogP contribution is -2.42. The molecule has 0 saturated heterocycles. The maximum absolute atomic E-state index is 9.57. The van der Waals surface area contributed by atoms with E-state index in [1.165, 1.54) is 44.1 Å². The van der Waals surface area contributed by atoms with E-state index in [9.17, 15) is 5.26 Å². The molecule has 2 aliphatic carbocycles. The largest absolute Gasteiger partial charge is 0.208 e. The van der Waals surface area contributed by atoms with Gasteiger partial charge < -0.3 is 0 Å². The van der Waals surface area contributed by atoms with Crippen molar-refractivity contribution in [3.05, 3.63) is 163 Å². The molecule has 1 heterocycles. The number of hydrogen-bond donors (Lipinski definition) is 0. The van der Waals surface area contributed by atoms with E-state index < -0.39 is 0 Å². The summed E-state index contributed by atoms with van der Waals surface area (Å²) >= 11 is 0. The Morgan fingerprint density at radius 1 is 0.536 bits per heavy atom. The fraction of sp³-hybridized carbons (Fsp3) is 0.231. The molecule has 56 heavy (non-hydrogen) atoms. The van der Waals surface area contributed by atoms with Gasteiger partial charge in [0.25, 0.3) is 0 Å². The molecule has 0 radical (unpaired) electrons. The van der Waals surface area contributed by atoms with Crippen LogP contribution < -0.4 is 0 Å². The first kappa shape index (κ1) is 35.5. The Bertz CT molecular complexity index is 2520. The van der Waals surface area contributed by atoms with E-state index in [2.05, 4.69) is 123 Å². The summed E-state index contributed by atoms with van der Waals surface area (Å²) in [6.45, 7) is 4.85. The highest BCUT2D eigenvalue weighted by Gasteiger charge is 2.45. The summed E-state index contributed by atoms with van der Waals surface area (Å²) in [5, 5.41) is 9.57. The summed E-state index contributed by atoms with van der Waals surface area (Å²) in [5.41, 5.74) is 11.7. The SMILES string of the molecule is CC[C@H]1C[C@H]2C[C@@H](C)CC(c3ccc(-c4ccccc4-c4nc(-c5ccccc5)nc(-c5ccc(-c6ccccc6)cc5-c5ccc(C#N)cc5)n4)cc3)(C2)C1. The minimum atomic E-state index is 0.287. The predicted molar refractivity (Wildman–Crippen MR) is 228 cm³/mol. The summed E-state index contributed by atoms with van der Waals surface area (Å²) in [4.78, 5) is 15.6. The van der Waals surface area contributed by atoms with Crippen LogP contribution in [0.15, 0.2) is 152 Å². The van der Waals surface area contributed by atoms with E-state index in [1.807, 2.05) is 48.5 Å². The third-order valence-corrected chi connectivity index (χ3v) is 12.4. The molecule has 7 aromatic rings. The van der Waals surface area contributed by atoms with Crippen LogP contribution in [-0.4, -0.2) is 15.0 Å². The Labute approximate surface area is 331 Å². The van der Waals surface area contributed by atoms with Gasteiger partial charge in [-0.05, 0) is 118 Å². The van der Waals surface area contributed by atoms with Crippen molar-refractivity contribution in [1.29, 1.82) is 5.26 Å².